The van der Waals surface area contributed by atoms with Crippen LogP contribution in [-0.2, 0) is 21.9 Å². The van der Waals surface area contributed by atoms with Gasteiger partial charge in [0.25, 0.3) is 0 Å². The van der Waals surface area contributed by atoms with Crippen molar-refractivity contribution in [3.05, 3.63) is 70.2 Å². The maximum atomic E-state index is 13.1. The summed E-state index contributed by atoms with van der Waals surface area (Å²) >= 11 is 7.69. The molecule has 0 unspecified atom stereocenters. The summed E-state index contributed by atoms with van der Waals surface area (Å²) in [5.41, 5.74) is 3.34. The van der Waals surface area contributed by atoms with E-state index in [0.717, 1.165) is 17.7 Å². The maximum absolute atomic E-state index is 13.1. The number of carbonyl (C=O) groups excluding carboxylic acids is 2. The van der Waals surface area contributed by atoms with Gasteiger partial charge in [0.1, 0.15) is 6.04 Å². The summed E-state index contributed by atoms with van der Waals surface area (Å²) in [5, 5.41) is 3.60. The second kappa shape index (κ2) is 12.0. The third-order valence-electron chi connectivity index (χ3n) is 5.15. The van der Waals surface area contributed by atoms with Gasteiger partial charge in [0.2, 0.25) is 11.8 Å². The molecule has 1 N–H and O–H groups in total. The van der Waals surface area contributed by atoms with Crippen LogP contribution in [-0.4, -0.2) is 34.6 Å². The van der Waals surface area contributed by atoms with Crippen LogP contribution in [0.3, 0.4) is 0 Å². The molecule has 0 fully saturated rings. The second-order valence-electron chi connectivity index (χ2n) is 7.56. The zero-order chi connectivity index (χ0) is 22.1. The molecule has 2 amide bonds. The van der Waals surface area contributed by atoms with Gasteiger partial charge >= 0.3 is 0 Å². The number of nitrogens with one attached hydrogen (secondary N) is 1. The molecule has 2 rings (SSSR count). The maximum Gasteiger partial charge on any atom is 0.242 e. The van der Waals surface area contributed by atoms with Crippen LogP contribution in [0.1, 0.15) is 43.9 Å². The van der Waals surface area contributed by atoms with Crippen molar-refractivity contribution >= 4 is 35.2 Å². The van der Waals surface area contributed by atoms with Gasteiger partial charge < -0.3 is 10.2 Å². The van der Waals surface area contributed by atoms with Crippen LogP contribution < -0.4 is 5.32 Å². The Morgan fingerprint density at radius 3 is 2.53 bits per heavy atom. The van der Waals surface area contributed by atoms with Gasteiger partial charge in [0, 0.05) is 23.4 Å². The third kappa shape index (κ3) is 7.37. The van der Waals surface area contributed by atoms with Gasteiger partial charge in [-0.3, -0.25) is 9.59 Å². The summed E-state index contributed by atoms with van der Waals surface area (Å²) in [5.74, 6) is 0.885. The van der Waals surface area contributed by atoms with E-state index in [4.69, 9.17) is 11.6 Å². The molecular formula is C24H31ClN2O2S. The lowest BCUT2D eigenvalue weighted by molar-refractivity contribution is -0.138. The Morgan fingerprint density at radius 1 is 1.13 bits per heavy atom. The summed E-state index contributed by atoms with van der Waals surface area (Å²) in [4.78, 5) is 27.5. The topological polar surface area (TPSA) is 49.4 Å². The molecule has 0 radical (unpaired) electrons. The molecule has 0 aliphatic rings. The molecule has 0 aliphatic heterocycles. The average Bonchev–Trinajstić information content (AvgIpc) is 2.72. The Hall–Kier alpha value is -1.98. The van der Waals surface area contributed by atoms with Gasteiger partial charge in [0.15, 0.2) is 0 Å². The van der Waals surface area contributed by atoms with Crippen molar-refractivity contribution in [3.63, 3.8) is 0 Å². The Labute approximate surface area is 189 Å². The smallest absolute Gasteiger partial charge is 0.242 e. The molecule has 30 heavy (non-hydrogen) atoms. The second-order valence-corrected chi connectivity index (χ2v) is 8.99. The van der Waals surface area contributed by atoms with Crippen molar-refractivity contribution in [2.24, 2.45) is 0 Å². The highest BCUT2D eigenvalue weighted by Crippen LogP contribution is 2.19. The lowest BCUT2D eigenvalue weighted by Crippen LogP contribution is -2.50. The minimum atomic E-state index is -0.565. The van der Waals surface area contributed by atoms with E-state index in [-0.39, 0.29) is 17.9 Å². The largest absolute Gasteiger partial charge is 0.352 e. The number of amides is 2. The third-order valence-corrected chi connectivity index (χ3v) is 6.36. The summed E-state index contributed by atoms with van der Waals surface area (Å²) in [6.45, 7) is 8.19. The van der Waals surface area contributed by atoms with Crippen molar-refractivity contribution in [3.8, 4) is 0 Å². The monoisotopic (exact) mass is 446 g/mol. The van der Waals surface area contributed by atoms with Crippen LogP contribution in [0.5, 0.6) is 0 Å². The fraction of sp³-hybridized carbons (Fsp3) is 0.417. The summed E-state index contributed by atoms with van der Waals surface area (Å²) in [7, 11) is 0. The minimum absolute atomic E-state index is 0.0552. The van der Waals surface area contributed by atoms with E-state index in [9.17, 15) is 9.59 Å². The van der Waals surface area contributed by atoms with Crippen molar-refractivity contribution in [2.75, 3.05) is 5.75 Å². The van der Waals surface area contributed by atoms with E-state index >= 15 is 0 Å². The molecule has 2 aromatic carbocycles. The number of carbonyl (C=O) groups is 2. The lowest BCUT2D eigenvalue weighted by atomic mass is 10.1. The quantitative estimate of drug-likeness (QED) is 0.544. The molecule has 162 valence electrons. The molecule has 0 saturated carbocycles. The van der Waals surface area contributed by atoms with E-state index < -0.39 is 6.04 Å². The first-order valence-electron chi connectivity index (χ1n) is 10.3. The number of aryl methyl sites for hydroxylation is 1. The molecule has 0 heterocycles. The van der Waals surface area contributed by atoms with E-state index in [1.165, 1.54) is 11.1 Å². The minimum Gasteiger partial charge on any atom is -0.352 e. The molecule has 0 spiro atoms. The number of halogens is 1. The van der Waals surface area contributed by atoms with Crippen LogP contribution in [0.15, 0.2) is 48.5 Å². The van der Waals surface area contributed by atoms with Gasteiger partial charge in [-0.2, -0.15) is 0 Å². The predicted octanol–water partition coefficient (Wildman–Crippen LogP) is 5.21. The number of benzene rings is 2. The van der Waals surface area contributed by atoms with Gasteiger partial charge in [-0.15, -0.1) is 11.8 Å². The zero-order valence-corrected chi connectivity index (χ0v) is 19.7. The van der Waals surface area contributed by atoms with Gasteiger partial charge in [-0.05, 0) is 56.0 Å². The van der Waals surface area contributed by atoms with E-state index in [0.29, 0.717) is 17.3 Å². The standard InChI is InChI=1S/C24H31ClN2O2S/c1-5-18(3)26-24(29)19(4)27(14-20-10-8-12-22(25)13-20)23(28)16-30-15-21-11-7-6-9-17(21)2/h6-13,18-19H,5,14-16H2,1-4H3,(H,26,29)/t18-,19+/m0/s1. The highest BCUT2D eigenvalue weighted by molar-refractivity contribution is 7.99. The van der Waals surface area contributed by atoms with Crippen molar-refractivity contribution in [1.29, 1.82) is 0 Å². The van der Waals surface area contributed by atoms with Crippen LogP contribution in [0.2, 0.25) is 5.02 Å². The molecule has 0 saturated heterocycles. The van der Waals surface area contributed by atoms with Gasteiger partial charge in [0.05, 0.1) is 5.75 Å². The Morgan fingerprint density at radius 2 is 1.87 bits per heavy atom. The lowest BCUT2D eigenvalue weighted by Gasteiger charge is -2.29. The van der Waals surface area contributed by atoms with E-state index in [1.807, 2.05) is 44.2 Å². The van der Waals surface area contributed by atoms with Crippen LogP contribution >= 0.6 is 23.4 Å². The number of nitrogens with zero attached hydrogens (tertiary/aromatic N) is 1. The molecule has 0 aromatic heterocycles. The highest BCUT2D eigenvalue weighted by atomic mass is 35.5. The fourth-order valence-corrected chi connectivity index (χ4v) is 4.18. The molecule has 2 atom stereocenters. The van der Waals surface area contributed by atoms with Gasteiger partial charge in [-0.25, -0.2) is 0 Å². The highest BCUT2D eigenvalue weighted by Gasteiger charge is 2.26. The molecule has 6 heteroatoms. The first kappa shape index (κ1) is 24.3. The van der Waals surface area contributed by atoms with Crippen LogP contribution in [0.25, 0.3) is 0 Å². The van der Waals surface area contributed by atoms with Crippen molar-refractivity contribution in [2.45, 2.75) is 58.5 Å². The van der Waals surface area contributed by atoms with Crippen LogP contribution in [0.4, 0.5) is 0 Å². The predicted molar refractivity (Wildman–Crippen MR) is 127 cm³/mol. The van der Waals surface area contributed by atoms with Crippen molar-refractivity contribution in [1.82, 2.24) is 10.2 Å². The zero-order valence-electron chi connectivity index (χ0n) is 18.2. The summed E-state index contributed by atoms with van der Waals surface area (Å²) in [6, 6.07) is 15.1. The molecular weight excluding hydrogens is 416 g/mol. The Bertz CT molecular complexity index is 859. The number of hydrogen-bond acceptors (Lipinski definition) is 3. The first-order chi connectivity index (χ1) is 14.3. The Kier molecular flexibility index (Phi) is 9.73. The van der Waals surface area contributed by atoms with E-state index in [2.05, 4.69) is 24.4 Å². The molecule has 0 aliphatic carbocycles. The van der Waals surface area contributed by atoms with E-state index in [1.54, 1.807) is 29.7 Å². The van der Waals surface area contributed by atoms with Crippen molar-refractivity contribution < 1.29 is 9.59 Å². The summed E-state index contributed by atoms with van der Waals surface area (Å²) in [6.07, 6.45) is 0.840. The normalized spacial score (nSPS) is 12.8. The summed E-state index contributed by atoms with van der Waals surface area (Å²) < 4.78 is 0. The molecule has 4 nitrogen and oxygen atoms in total. The fourth-order valence-electron chi connectivity index (χ4n) is 2.98. The molecule has 0 bridgehead atoms. The average molecular weight is 447 g/mol. The molecule has 2 aromatic rings. The SMILES string of the molecule is CC[C@H](C)NC(=O)[C@@H](C)N(Cc1cccc(Cl)c1)C(=O)CSCc1ccccc1C. The number of hydrogen-bond donors (Lipinski definition) is 1. The van der Waals surface area contributed by atoms with Crippen LogP contribution in [0, 0.1) is 6.92 Å². The first-order valence-corrected chi connectivity index (χ1v) is 11.8. The van der Waals surface area contributed by atoms with Gasteiger partial charge in [-0.1, -0.05) is 54.9 Å². The number of thioether (sulfide) groups is 1. The Balaban J connectivity index is 2.09. The number of rotatable bonds is 10.